The number of fused-ring (bicyclic) bond motifs is 3. The van der Waals surface area contributed by atoms with Crippen LogP contribution < -0.4 is 11.2 Å². The van der Waals surface area contributed by atoms with Gasteiger partial charge in [-0.15, -0.1) is 0 Å². The van der Waals surface area contributed by atoms with E-state index in [1.807, 2.05) is 25.2 Å². The summed E-state index contributed by atoms with van der Waals surface area (Å²) in [5.74, 6) is 0.676. The summed E-state index contributed by atoms with van der Waals surface area (Å²) in [4.78, 5) is 30.6. The van der Waals surface area contributed by atoms with Gasteiger partial charge in [0.25, 0.3) is 5.56 Å². The molecule has 0 radical (unpaired) electrons. The van der Waals surface area contributed by atoms with Gasteiger partial charge in [-0.05, 0) is 33.6 Å². The van der Waals surface area contributed by atoms with Gasteiger partial charge in [-0.2, -0.15) is 4.98 Å². The molecule has 1 aliphatic heterocycles. The second-order valence-corrected chi connectivity index (χ2v) is 7.33. The van der Waals surface area contributed by atoms with Gasteiger partial charge in [0.2, 0.25) is 5.78 Å². The molecule has 0 spiro atoms. The first-order chi connectivity index (χ1) is 13.5. The van der Waals surface area contributed by atoms with Crippen LogP contribution in [0.3, 0.4) is 0 Å². The molecule has 0 aromatic carbocycles. The minimum absolute atomic E-state index is 0.154. The summed E-state index contributed by atoms with van der Waals surface area (Å²) in [6, 6.07) is 0. The summed E-state index contributed by atoms with van der Waals surface area (Å²) in [5, 5.41) is 0. The Labute approximate surface area is 162 Å². The quantitative estimate of drug-likeness (QED) is 0.587. The second kappa shape index (κ2) is 7.21. The number of hydrogen-bond donors (Lipinski definition) is 0. The molecule has 1 unspecified atom stereocenters. The van der Waals surface area contributed by atoms with E-state index in [2.05, 4.69) is 9.55 Å². The summed E-state index contributed by atoms with van der Waals surface area (Å²) in [6.07, 6.45) is 2.24. The minimum atomic E-state index is -0.377. The number of hydrogen-bond acceptors (Lipinski definition) is 5. The third kappa shape index (κ3) is 2.80. The van der Waals surface area contributed by atoms with E-state index in [0.717, 1.165) is 30.8 Å². The average molecular weight is 389 g/mol. The van der Waals surface area contributed by atoms with Crippen LogP contribution in [-0.2, 0) is 29.6 Å². The molecule has 4 rings (SSSR count). The van der Waals surface area contributed by atoms with Crippen LogP contribution in [0.1, 0.15) is 31.2 Å². The van der Waals surface area contributed by atoms with Crippen molar-refractivity contribution in [3.8, 4) is 0 Å². The van der Waals surface area contributed by atoms with Crippen molar-refractivity contribution in [1.29, 1.82) is 0 Å². The number of aromatic nitrogens is 5. The largest absolute Gasteiger partial charge is 0.380 e. The lowest BCUT2D eigenvalue weighted by Crippen LogP contribution is -2.40. The van der Waals surface area contributed by atoms with Crippen LogP contribution >= 0.6 is 0 Å². The lowest BCUT2D eigenvalue weighted by atomic mass is 10.2. The molecule has 4 heterocycles. The van der Waals surface area contributed by atoms with Gasteiger partial charge in [0.1, 0.15) is 0 Å². The van der Waals surface area contributed by atoms with Crippen molar-refractivity contribution in [2.45, 2.75) is 52.8 Å². The number of rotatable bonds is 6. The maximum absolute atomic E-state index is 13.2. The van der Waals surface area contributed by atoms with E-state index in [4.69, 9.17) is 9.47 Å². The van der Waals surface area contributed by atoms with Crippen LogP contribution in [0.25, 0.3) is 16.9 Å². The Balaban J connectivity index is 1.94. The Morgan fingerprint density at radius 2 is 2.00 bits per heavy atom. The first-order valence-electron chi connectivity index (χ1n) is 9.82. The molecule has 1 saturated heterocycles. The van der Waals surface area contributed by atoms with Gasteiger partial charge in [0.15, 0.2) is 11.2 Å². The molecule has 0 bridgehead atoms. The molecule has 3 aromatic rings. The topological polar surface area (TPSA) is 84.7 Å². The van der Waals surface area contributed by atoms with Gasteiger partial charge in [0.05, 0.1) is 25.8 Å². The fraction of sp³-hybridized carbons (Fsp3) is 0.632. The van der Waals surface area contributed by atoms with Crippen LogP contribution in [0.5, 0.6) is 0 Å². The standard InChI is InChI=1S/C19H27N5O4/c1-5-27-10-8-22-17(25)15-16(21(4)19(22)26)20-18-23(11-14-7-6-9-28-14)12(2)13(3)24(15)18/h14H,5-11H2,1-4H3. The van der Waals surface area contributed by atoms with Crippen molar-refractivity contribution < 1.29 is 9.47 Å². The Morgan fingerprint density at radius 3 is 2.68 bits per heavy atom. The summed E-state index contributed by atoms with van der Waals surface area (Å²) in [5.41, 5.74) is 2.12. The zero-order chi connectivity index (χ0) is 20.0. The fourth-order valence-corrected chi connectivity index (χ4v) is 4.02. The summed E-state index contributed by atoms with van der Waals surface area (Å²) < 4.78 is 17.8. The Morgan fingerprint density at radius 1 is 1.21 bits per heavy atom. The zero-order valence-electron chi connectivity index (χ0n) is 16.9. The average Bonchev–Trinajstić information content (AvgIpc) is 3.37. The van der Waals surface area contributed by atoms with Crippen molar-refractivity contribution in [2.24, 2.45) is 7.05 Å². The van der Waals surface area contributed by atoms with E-state index in [-0.39, 0.29) is 23.9 Å². The molecule has 1 fully saturated rings. The van der Waals surface area contributed by atoms with Crippen molar-refractivity contribution in [2.75, 3.05) is 19.8 Å². The van der Waals surface area contributed by atoms with Crippen LogP contribution in [0, 0.1) is 13.8 Å². The van der Waals surface area contributed by atoms with E-state index in [0.29, 0.717) is 36.7 Å². The Bertz CT molecular complexity index is 1140. The first kappa shape index (κ1) is 18.9. The Kier molecular flexibility index (Phi) is 4.88. The molecule has 1 aliphatic rings. The molecule has 0 N–H and O–H groups in total. The zero-order valence-corrected chi connectivity index (χ0v) is 16.9. The van der Waals surface area contributed by atoms with Gasteiger partial charge in [-0.1, -0.05) is 0 Å². The maximum atomic E-state index is 13.2. The predicted octanol–water partition coefficient (Wildman–Crippen LogP) is 0.982. The molecule has 152 valence electrons. The van der Waals surface area contributed by atoms with E-state index in [1.54, 1.807) is 7.05 Å². The molecule has 0 aliphatic carbocycles. The second-order valence-electron chi connectivity index (χ2n) is 7.33. The summed E-state index contributed by atoms with van der Waals surface area (Å²) >= 11 is 0. The monoisotopic (exact) mass is 389 g/mol. The van der Waals surface area contributed by atoms with Crippen molar-refractivity contribution >= 4 is 16.9 Å². The number of ether oxygens (including phenoxy) is 2. The van der Waals surface area contributed by atoms with Crippen LogP contribution in [0.2, 0.25) is 0 Å². The van der Waals surface area contributed by atoms with Crippen molar-refractivity contribution in [3.63, 3.8) is 0 Å². The molecule has 9 heteroatoms. The number of aryl methyl sites for hydroxylation is 2. The molecule has 9 nitrogen and oxygen atoms in total. The van der Waals surface area contributed by atoms with Crippen LogP contribution in [0.15, 0.2) is 9.59 Å². The van der Waals surface area contributed by atoms with Crippen LogP contribution in [-0.4, -0.2) is 49.0 Å². The third-order valence-corrected chi connectivity index (χ3v) is 5.70. The molecule has 3 aromatic heterocycles. The van der Waals surface area contributed by atoms with Crippen molar-refractivity contribution in [3.05, 3.63) is 32.2 Å². The van der Waals surface area contributed by atoms with Gasteiger partial charge in [-0.3, -0.25) is 18.3 Å². The fourth-order valence-electron chi connectivity index (χ4n) is 4.02. The smallest absolute Gasteiger partial charge is 0.332 e. The minimum Gasteiger partial charge on any atom is -0.380 e. The van der Waals surface area contributed by atoms with Crippen molar-refractivity contribution in [1.82, 2.24) is 23.1 Å². The predicted molar refractivity (Wildman–Crippen MR) is 105 cm³/mol. The van der Waals surface area contributed by atoms with E-state index >= 15 is 0 Å². The summed E-state index contributed by atoms with van der Waals surface area (Å²) in [7, 11) is 1.65. The third-order valence-electron chi connectivity index (χ3n) is 5.70. The first-order valence-corrected chi connectivity index (χ1v) is 9.82. The van der Waals surface area contributed by atoms with Gasteiger partial charge in [-0.25, -0.2) is 4.79 Å². The molecule has 0 amide bonds. The van der Waals surface area contributed by atoms with Crippen LogP contribution in [0.4, 0.5) is 0 Å². The lowest BCUT2D eigenvalue weighted by molar-refractivity contribution is 0.0974. The van der Waals surface area contributed by atoms with E-state index < -0.39 is 0 Å². The maximum Gasteiger partial charge on any atom is 0.332 e. The highest BCUT2D eigenvalue weighted by Crippen LogP contribution is 2.23. The highest BCUT2D eigenvalue weighted by Gasteiger charge is 2.25. The normalized spacial score (nSPS) is 17.4. The lowest BCUT2D eigenvalue weighted by Gasteiger charge is -2.12. The molecular weight excluding hydrogens is 362 g/mol. The van der Waals surface area contributed by atoms with Gasteiger partial charge < -0.3 is 14.0 Å². The van der Waals surface area contributed by atoms with E-state index in [9.17, 15) is 9.59 Å². The number of nitrogens with zero attached hydrogens (tertiary/aromatic N) is 5. The molecule has 1 atom stereocenters. The summed E-state index contributed by atoms with van der Waals surface area (Å²) in [6.45, 7) is 8.44. The van der Waals surface area contributed by atoms with Gasteiger partial charge >= 0.3 is 5.69 Å². The number of imidazole rings is 2. The highest BCUT2D eigenvalue weighted by molar-refractivity contribution is 5.76. The molecule has 28 heavy (non-hydrogen) atoms. The van der Waals surface area contributed by atoms with Gasteiger partial charge in [0, 0.05) is 31.6 Å². The molecule has 0 saturated carbocycles. The highest BCUT2D eigenvalue weighted by atomic mass is 16.5. The molecular formula is C19H27N5O4. The van der Waals surface area contributed by atoms with E-state index in [1.165, 1.54) is 9.13 Å². The Hall–Kier alpha value is -2.39. The SMILES string of the molecule is CCOCCn1c(=O)c2c(nc3n(CC4CCCO4)c(C)c(C)n23)n(C)c1=O.